The third kappa shape index (κ3) is 3.62. The maximum absolute atomic E-state index is 14.0. The summed E-state index contributed by atoms with van der Waals surface area (Å²) in [6.07, 6.45) is 4.07. The minimum Gasteiger partial charge on any atom is -0.379 e. The number of aryl methyl sites for hydroxylation is 1. The zero-order valence-electron chi connectivity index (χ0n) is 17.3. The van der Waals surface area contributed by atoms with Gasteiger partial charge in [-0.05, 0) is 54.7 Å². The van der Waals surface area contributed by atoms with Crippen molar-refractivity contribution < 1.29 is 9.13 Å². The lowest BCUT2D eigenvalue weighted by Crippen LogP contribution is -2.46. The molecule has 3 heterocycles. The molecular weight excluding hydrogens is 393 g/mol. The number of aromatic nitrogens is 1. The Bertz CT molecular complexity index is 1080. The van der Waals surface area contributed by atoms with Gasteiger partial charge in [-0.25, -0.2) is 9.38 Å². The number of rotatable bonds is 3. The topological polar surface area (TPSA) is 73.5 Å². The number of fused-ring (bicyclic) bond motifs is 2. The molecule has 2 aliphatic heterocycles. The fourth-order valence-electron chi connectivity index (χ4n) is 4.83. The summed E-state index contributed by atoms with van der Waals surface area (Å²) < 4.78 is 19.5. The SMILES string of the molecule is N#CC1=C(CN2CCOCC2)NC(c2ccccn2)=NC12CCCc1cc(F)ccc12. The molecule has 1 N–H and O–H groups in total. The highest BCUT2D eigenvalue weighted by atomic mass is 19.1. The normalized spacial score (nSPS) is 23.7. The van der Waals surface area contributed by atoms with Gasteiger partial charge in [0.15, 0.2) is 5.84 Å². The Kier molecular flexibility index (Phi) is 5.26. The maximum atomic E-state index is 14.0. The van der Waals surface area contributed by atoms with Crippen molar-refractivity contribution in [1.29, 1.82) is 5.26 Å². The highest BCUT2D eigenvalue weighted by molar-refractivity contribution is 5.99. The average Bonchev–Trinajstić information content (AvgIpc) is 2.80. The number of nitrogens with zero attached hydrogens (tertiary/aromatic N) is 4. The molecular formula is C24H24FN5O. The van der Waals surface area contributed by atoms with E-state index >= 15 is 0 Å². The van der Waals surface area contributed by atoms with Crippen molar-refractivity contribution in [3.05, 3.63) is 76.5 Å². The van der Waals surface area contributed by atoms with Crippen LogP contribution in [0.2, 0.25) is 0 Å². The van der Waals surface area contributed by atoms with Crippen LogP contribution < -0.4 is 5.32 Å². The van der Waals surface area contributed by atoms with Crippen molar-refractivity contribution in [2.45, 2.75) is 24.8 Å². The van der Waals surface area contributed by atoms with E-state index in [2.05, 4.69) is 21.3 Å². The Hall–Kier alpha value is -3.08. The monoisotopic (exact) mass is 417 g/mol. The molecule has 1 aromatic heterocycles. The lowest BCUT2D eigenvalue weighted by atomic mass is 9.71. The van der Waals surface area contributed by atoms with Gasteiger partial charge in [-0.2, -0.15) is 5.26 Å². The lowest BCUT2D eigenvalue weighted by Gasteiger charge is -2.41. The number of nitrogens with one attached hydrogen (secondary N) is 1. The standard InChI is InChI=1S/C24H24FN5O/c25-18-6-7-19-17(14-18)4-3-8-24(19)20(15-26)22(16-30-10-12-31-13-11-30)28-23(29-24)21-5-1-2-9-27-21/h1-2,5-7,9,14H,3-4,8,10-13,16H2,(H,28,29). The molecule has 0 bridgehead atoms. The number of halogens is 1. The van der Waals surface area contributed by atoms with Crippen molar-refractivity contribution in [2.75, 3.05) is 32.8 Å². The number of ether oxygens (including phenoxy) is 1. The quantitative estimate of drug-likeness (QED) is 0.831. The molecule has 1 atom stereocenters. The van der Waals surface area contributed by atoms with Gasteiger partial charge < -0.3 is 10.1 Å². The first-order chi connectivity index (χ1) is 15.2. The molecule has 7 heteroatoms. The molecule has 31 heavy (non-hydrogen) atoms. The molecule has 1 unspecified atom stereocenters. The second-order valence-corrected chi connectivity index (χ2v) is 8.17. The summed E-state index contributed by atoms with van der Waals surface area (Å²) in [7, 11) is 0. The van der Waals surface area contributed by atoms with E-state index in [-0.39, 0.29) is 5.82 Å². The van der Waals surface area contributed by atoms with Crippen molar-refractivity contribution in [3.63, 3.8) is 0 Å². The average molecular weight is 417 g/mol. The number of hydrogen-bond donors (Lipinski definition) is 1. The molecule has 0 radical (unpaired) electrons. The van der Waals surface area contributed by atoms with Crippen LogP contribution in [-0.2, 0) is 16.7 Å². The predicted molar refractivity (Wildman–Crippen MR) is 115 cm³/mol. The summed E-state index contributed by atoms with van der Waals surface area (Å²) in [5, 5.41) is 13.7. The van der Waals surface area contributed by atoms with Gasteiger partial charge in [0.2, 0.25) is 0 Å². The summed E-state index contributed by atoms with van der Waals surface area (Å²) in [5.41, 5.74) is 3.22. The van der Waals surface area contributed by atoms with Gasteiger partial charge in [-0.3, -0.25) is 9.88 Å². The molecule has 1 aromatic carbocycles. The van der Waals surface area contributed by atoms with Crippen molar-refractivity contribution in [1.82, 2.24) is 15.2 Å². The largest absolute Gasteiger partial charge is 0.379 e. The Morgan fingerprint density at radius 3 is 2.87 bits per heavy atom. The van der Waals surface area contributed by atoms with Crippen molar-refractivity contribution >= 4 is 5.84 Å². The van der Waals surface area contributed by atoms with Gasteiger partial charge in [-0.1, -0.05) is 12.1 Å². The highest BCUT2D eigenvalue weighted by Crippen LogP contribution is 2.46. The van der Waals surface area contributed by atoms with Crippen molar-refractivity contribution in [2.24, 2.45) is 4.99 Å². The first kappa shape index (κ1) is 19.9. The molecule has 0 amide bonds. The van der Waals surface area contributed by atoms with E-state index in [1.54, 1.807) is 18.3 Å². The summed E-state index contributed by atoms with van der Waals surface area (Å²) in [5.74, 6) is 0.398. The number of amidine groups is 1. The van der Waals surface area contributed by atoms with Gasteiger partial charge in [0, 0.05) is 31.5 Å². The molecule has 158 valence electrons. The second-order valence-electron chi connectivity index (χ2n) is 8.17. The lowest BCUT2D eigenvalue weighted by molar-refractivity contribution is 0.0416. The molecule has 5 rings (SSSR count). The fraction of sp³-hybridized carbons (Fsp3) is 0.375. The van der Waals surface area contributed by atoms with Crippen LogP contribution >= 0.6 is 0 Å². The number of benzene rings is 1. The minimum absolute atomic E-state index is 0.255. The number of aliphatic imine (C=N–C) groups is 1. The van der Waals surface area contributed by atoms with Crippen molar-refractivity contribution in [3.8, 4) is 6.07 Å². The van der Waals surface area contributed by atoms with E-state index in [0.717, 1.165) is 48.4 Å². The molecule has 3 aliphatic rings. The van der Waals surface area contributed by atoms with Crippen LogP contribution in [0.3, 0.4) is 0 Å². The van der Waals surface area contributed by atoms with Crippen LogP contribution in [0.25, 0.3) is 0 Å². The molecule has 2 aromatic rings. The molecule has 1 spiro atoms. The third-order valence-corrected chi connectivity index (χ3v) is 6.29. The minimum atomic E-state index is -0.824. The summed E-state index contributed by atoms with van der Waals surface area (Å²) in [6.45, 7) is 3.60. The fourth-order valence-corrected chi connectivity index (χ4v) is 4.83. The van der Waals surface area contributed by atoms with E-state index in [0.29, 0.717) is 37.6 Å². The van der Waals surface area contributed by atoms with E-state index in [4.69, 9.17) is 9.73 Å². The number of nitriles is 1. The number of morpholine rings is 1. The van der Waals surface area contributed by atoms with Crippen LogP contribution in [0.1, 0.15) is 29.7 Å². The Balaban J connectivity index is 1.67. The van der Waals surface area contributed by atoms with E-state index in [1.807, 2.05) is 18.2 Å². The number of pyridine rings is 1. The van der Waals surface area contributed by atoms with Crippen LogP contribution in [0.15, 0.2) is 58.9 Å². The summed E-state index contributed by atoms with van der Waals surface area (Å²) in [6, 6.07) is 13.0. The molecule has 1 saturated heterocycles. The first-order valence-electron chi connectivity index (χ1n) is 10.7. The van der Waals surface area contributed by atoms with Gasteiger partial charge in [0.25, 0.3) is 0 Å². The summed E-state index contributed by atoms with van der Waals surface area (Å²) in [4.78, 5) is 11.9. The van der Waals surface area contributed by atoms with E-state index in [9.17, 15) is 9.65 Å². The van der Waals surface area contributed by atoms with E-state index in [1.165, 1.54) is 6.07 Å². The van der Waals surface area contributed by atoms with Gasteiger partial charge in [-0.15, -0.1) is 0 Å². The predicted octanol–water partition coefficient (Wildman–Crippen LogP) is 2.91. The Morgan fingerprint density at radius 2 is 2.10 bits per heavy atom. The Morgan fingerprint density at radius 1 is 1.23 bits per heavy atom. The zero-order valence-corrected chi connectivity index (χ0v) is 17.3. The van der Waals surface area contributed by atoms with Gasteiger partial charge in [0.1, 0.15) is 17.1 Å². The molecule has 6 nitrogen and oxygen atoms in total. The Labute approximate surface area is 181 Å². The van der Waals surface area contributed by atoms with Crippen LogP contribution in [0.5, 0.6) is 0 Å². The third-order valence-electron chi connectivity index (χ3n) is 6.29. The van der Waals surface area contributed by atoms with Gasteiger partial charge >= 0.3 is 0 Å². The van der Waals surface area contributed by atoms with E-state index < -0.39 is 5.54 Å². The highest BCUT2D eigenvalue weighted by Gasteiger charge is 2.45. The van der Waals surface area contributed by atoms with Crippen LogP contribution in [0.4, 0.5) is 4.39 Å². The van der Waals surface area contributed by atoms with Crippen LogP contribution in [0, 0.1) is 17.1 Å². The zero-order chi connectivity index (χ0) is 21.3. The molecule has 1 fully saturated rings. The number of hydrogen-bond acceptors (Lipinski definition) is 6. The van der Waals surface area contributed by atoms with Gasteiger partial charge in [0.05, 0.1) is 24.9 Å². The summed E-state index contributed by atoms with van der Waals surface area (Å²) >= 11 is 0. The first-order valence-corrected chi connectivity index (χ1v) is 10.7. The maximum Gasteiger partial charge on any atom is 0.152 e. The molecule has 0 saturated carbocycles. The molecule has 1 aliphatic carbocycles. The second kappa shape index (κ2) is 8.22. The smallest absolute Gasteiger partial charge is 0.152 e. The van der Waals surface area contributed by atoms with Crippen LogP contribution in [-0.4, -0.2) is 48.6 Å².